The molecule has 0 unspecified atom stereocenters. The Bertz CT molecular complexity index is 466. The van der Waals surface area contributed by atoms with Crippen molar-refractivity contribution in [1.82, 2.24) is 4.72 Å². The minimum Gasteiger partial charge on any atom is -0.327 e. The van der Waals surface area contributed by atoms with Gasteiger partial charge in [0.1, 0.15) is 0 Å². The average molecular weight is 270 g/mol. The van der Waals surface area contributed by atoms with Crippen LogP contribution in [0.2, 0.25) is 0 Å². The molecule has 0 saturated carbocycles. The standard InChI is InChI=1S/C13H22N2O2S/c1-4-5-12-6-8-13(9-7-12)18(16,17)15-11(3)10(2)14/h6-11,15H,4-5,14H2,1-3H3/t10-,11-/m1/s1. The van der Waals surface area contributed by atoms with Crippen LogP contribution in [0.25, 0.3) is 0 Å². The van der Waals surface area contributed by atoms with Crippen molar-refractivity contribution < 1.29 is 8.42 Å². The number of benzene rings is 1. The van der Waals surface area contributed by atoms with E-state index in [0.29, 0.717) is 0 Å². The first-order valence-corrected chi connectivity index (χ1v) is 7.72. The van der Waals surface area contributed by atoms with Gasteiger partial charge < -0.3 is 5.73 Å². The van der Waals surface area contributed by atoms with E-state index in [1.54, 1.807) is 26.0 Å². The number of aryl methyl sites for hydroxylation is 1. The minimum absolute atomic E-state index is 0.223. The molecular formula is C13H22N2O2S. The Kier molecular flexibility index (Phi) is 5.31. The molecule has 2 atom stereocenters. The molecule has 0 saturated heterocycles. The Hall–Kier alpha value is -0.910. The first-order chi connectivity index (χ1) is 8.36. The van der Waals surface area contributed by atoms with Gasteiger partial charge in [0.15, 0.2) is 0 Å². The highest BCUT2D eigenvalue weighted by molar-refractivity contribution is 7.89. The van der Waals surface area contributed by atoms with Crippen LogP contribution >= 0.6 is 0 Å². The maximum absolute atomic E-state index is 12.0. The van der Waals surface area contributed by atoms with Gasteiger partial charge in [-0.3, -0.25) is 0 Å². The minimum atomic E-state index is -3.47. The van der Waals surface area contributed by atoms with E-state index >= 15 is 0 Å². The monoisotopic (exact) mass is 270 g/mol. The molecule has 5 heteroatoms. The molecule has 0 radical (unpaired) electrons. The molecule has 0 aliphatic carbocycles. The summed E-state index contributed by atoms with van der Waals surface area (Å²) in [5.74, 6) is 0. The lowest BCUT2D eigenvalue weighted by Gasteiger charge is -2.17. The van der Waals surface area contributed by atoms with Gasteiger partial charge in [-0.1, -0.05) is 25.5 Å². The summed E-state index contributed by atoms with van der Waals surface area (Å²) >= 11 is 0. The van der Waals surface area contributed by atoms with Crippen LogP contribution in [-0.4, -0.2) is 20.5 Å². The molecule has 4 nitrogen and oxygen atoms in total. The molecule has 0 aliphatic heterocycles. The summed E-state index contributed by atoms with van der Waals surface area (Å²) in [6.45, 7) is 5.63. The van der Waals surface area contributed by atoms with E-state index in [1.807, 2.05) is 12.1 Å². The third kappa shape index (κ3) is 4.08. The average Bonchev–Trinajstić information content (AvgIpc) is 2.29. The summed E-state index contributed by atoms with van der Waals surface area (Å²) in [5.41, 5.74) is 6.81. The van der Waals surface area contributed by atoms with Crippen molar-refractivity contribution >= 4 is 10.0 Å². The van der Waals surface area contributed by atoms with Gasteiger partial charge >= 0.3 is 0 Å². The smallest absolute Gasteiger partial charge is 0.240 e. The maximum Gasteiger partial charge on any atom is 0.240 e. The van der Waals surface area contributed by atoms with Crippen LogP contribution in [0.4, 0.5) is 0 Å². The molecule has 0 aromatic heterocycles. The SMILES string of the molecule is CCCc1ccc(S(=O)(=O)N[C@H](C)[C@@H](C)N)cc1. The predicted octanol–water partition coefficient (Wildman–Crippen LogP) is 1.65. The Morgan fingerprint density at radius 3 is 2.22 bits per heavy atom. The second kappa shape index (κ2) is 6.31. The second-order valence-electron chi connectivity index (χ2n) is 4.66. The highest BCUT2D eigenvalue weighted by atomic mass is 32.2. The topological polar surface area (TPSA) is 72.2 Å². The Labute approximate surface area is 110 Å². The molecule has 0 bridgehead atoms. The zero-order chi connectivity index (χ0) is 13.8. The fourth-order valence-electron chi connectivity index (χ4n) is 1.54. The number of hydrogen-bond donors (Lipinski definition) is 2. The van der Waals surface area contributed by atoms with E-state index in [2.05, 4.69) is 11.6 Å². The Balaban J connectivity index is 2.85. The van der Waals surface area contributed by atoms with E-state index in [-0.39, 0.29) is 17.0 Å². The van der Waals surface area contributed by atoms with Crippen LogP contribution in [0, 0.1) is 0 Å². The zero-order valence-electron chi connectivity index (χ0n) is 11.2. The Morgan fingerprint density at radius 2 is 1.78 bits per heavy atom. The zero-order valence-corrected chi connectivity index (χ0v) is 12.0. The quantitative estimate of drug-likeness (QED) is 0.825. The molecule has 0 fully saturated rings. The van der Waals surface area contributed by atoms with Crippen molar-refractivity contribution in [3.63, 3.8) is 0 Å². The number of nitrogens with two attached hydrogens (primary N) is 1. The summed E-state index contributed by atoms with van der Waals surface area (Å²) in [5, 5.41) is 0. The molecule has 18 heavy (non-hydrogen) atoms. The van der Waals surface area contributed by atoms with Crippen LogP contribution < -0.4 is 10.5 Å². The van der Waals surface area contributed by atoms with Crippen molar-refractivity contribution in [3.05, 3.63) is 29.8 Å². The summed E-state index contributed by atoms with van der Waals surface area (Å²) in [4.78, 5) is 0.287. The lowest BCUT2D eigenvalue weighted by atomic mass is 10.1. The molecule has 0 amide bonds. The van der Waals surface area contributed by atoms with Crippen LogP contribution in [0.15, 0.2) is 29.2 Å². The van der Waals surface area contributed by atoms with Crippen molar-refractivity contribution in [3.8, 4) is 0 Å². The molecule has 1 rings (SSSR count). The van der Waals surface area contributed by atoms with Crippen LogP contribution in [0.1, 0.15) is 32.8 Å². The molecule has 102 valence electrons. The van der Waals surface area contributed by atoms with Crippen LogP contribution in [0.3, 0.4) is 0 Å². The molecule has 0 heterocycles. The van der Waals surface area contributed by atoms with Gasteiger partial charge in [-0.25, -0.2) is 13.1 Å². The first kappa shape index (κ1) is 15.1. The summed E-state index contributed by atoms with van der Waals surface area (Å²) in [6, 6.07) is 6.48. The van der Waals surface area contributed by atoms with Crippen molar-refractivity contribution in [2.24, 2.45) is 5.73 Å². The van der Waals surface area contributed by atoms with Crippen LogP contribution in [-0.2, 0) is 16.4 Å². The second-order valence-corrected chi connectivity index (χ2v) is 6.38. The predicted molar refractivity (Wildman–Crippen MR) is 73.9 cm³/mol. The van der Waals surface area contributed by atoms with Gasteiger partial charge in [0, 0.05) is 12.1 Å². The van der Waals surface area contributed by atoms with E-state index in [1.165, 1.54) is 0 Å². The third-order valence-electron chi connectivity index (χ3n) is 2.90. The lowest BCUT2D eigenvalue weighted by molar-refractivity contribution is 0.523. The molecule has 1 aromatic carbocycles. The van der Waals surface area contributed by atoms with Gasteiger partial charge in [-0.05, 0) is 38.0 Å². The molecular weight excluding hydrogens is 248 g/mol. The maximum atomic E-state index is 12.0. The van der Waals surface area contributed by atoms with Crippen LogP contribution in [0.5, 0.6) is 0 Å². The highest BCUT2D eigenvalue weighted by Crippen LogP contribution is 2.12. The van der Waals surface area contributed by atoms with Gasteiger partial charge in [-0.2, -0.15) is 0 Å². The number of hydrogen-bond acceptors (Lipinski definition) is 3. The Morgan fingerprint density at radius 1 is 1.22 bits per heavy atom. The van der Waals surface area contributed by atoms with Gasteiger partial charge in [0.25, 0.3) is 0 Å². The number of rotatable bonds is 6. The highest BCUT2D eigenvalue weighted by Gasteiger charge is 2.19. The number of sulfonamides is 1. The largest absolute Gasteiger partial charge is 0.327 e. The van der Waals surface area contributed by atoms with E-state index in [4.69, 9.17) is 5.73 Å². The first-order valence-electron chi connectivity index (χ1n) is 6.23. The van der Waals surface area contributed by atoms with Crippen molar-refractivity contribution in [2.45, 2.75) is 50.6 Å². The van der Waals surface area contributed by atoms with Crippen molar-refractivity contribution in [1.29, 1.82) is 0 Å². The third-order valence-corrected chi connectivity index (χ3v) is 4.48. The lowest BCUT2D eigenvalue weighted by Crippen LogP contribution is -2.43. The van der Waals surface area contributed by atoms with E-state index in [0.717, 1.165) is 18.4 Å². The van der Waals surface area contributed by atoms with E-state index < -0.39 is 10.0 Å². The summed E-state index contributed by atoms with van der Waals surface area (Å²) < 4.78 is 26.7. The molecule has 0 aliphatic rings. The van der Waals surface area contributed by atoms with E-state index in [9.17, 15) is 8.42 Å². The summed E-state index contributed by atoms with van der Waals surface area (Å²) in [6.07, 6.45) is 2.01. The fraction of sp³-hybridized carbons (Fsp3) is 0.538. The summed E-state index contributed by atoms with van der Waals surface area (Å²) in [7, 11) is -3.47. The van der Waals surface area contributed by atoms with Gasteiger partial charge in [0.2, 0.25) is 10.0 Å². The molecule has 0 spiro atoms. The van der Waals surface area contributed by atoms with Gasteiger partial charge in [0.05, 0.1) is 4.90 Å². The fourth-order valence-corrected chi connectivity index (χ4v) is 2.88. The van der Waals surface area contributed by atoms with Crippen molar-refractivity contribution in [2.75, 3.05) is 0 Å². The number of nitrogens with one attached hydrogen (secondary N) is 1. The van der Waals surface area contributed by atoms with Gasteiger partial charge in [-0.15, -0.1) is 0 Å². The molecule has 3 N–H and O–H groups in total. The normalized spacial score (nSPS) is 15.3. The molecule has 1 aromatic rings.